The van der Waals surface area contributed by atoms with Crippen molar-refractivity contribution in [2.75, 3.05) is 11.9 Å². The first-order valence-corrected chi connectivity index (χ1v) is 10.3. The van der Waals surface area contributed by atoms with Crippen molar-refractivity contribution in [3.63, 3.8) is 0 Å². The fourth-order valence-electron chi connectivity index (χ4n) is 3.24. The molecule has 0 aliphatic heterocycles. The van der Waals surface area contributed by atoms with Crippen molar-refractivity contribution in [3.8, 4) is 28.3 Å². The Hall–Kier alpha value is -3.15. The maximum atomic E-state index is 10.6. The van der Waals surface area contributed by atoms with Crippen molar-refractivity contribution in [1.82, 2.24) is 9.97 Å². The Morgan fingerprint density at radius 3 is 2.50 bits per heavy atom. The van der Waals surface area contributed by atoms with Crippen LogP contribution in [0.5, 0.6) is 5.75 Å². The number of hydrogen-bond donors (Lipinski definition) is 3. The van der Waals surface area contributed by atoms with Gasteiger partial charge in [0.15, 0.2) is 5.82 Å². The highest BCUT2D eigenvalue weighted by molar-refractivity contribution is 6.30. The van der Waals surface area contributed by atoms with Crippen LogP contribution < -0.4 is 11.1 Å². The third-order valence-corrected chi connectivity index (χ3v) is 5.33. The molecule has 0 unspecified atom stereocenters. The Morgan fingerprint density at radius 2 is 1.73 bits per heavy atom. The molecular weight excluding hydrogens is 396 g/mol. The summed E-state index contributed by atoms with van der Waals surface area (Å²) in [4.78, 5) is 9.43. The standard InChI is InChI=1S/C24H23ClN4O/c1-2-18(26)14-27-23-19-5-3-4-6-21(19)28-24(29-23)20-13-16(9-12-22(20)30)15-7-10-17(25)11-8-15/h3-13,18,30H,2,14,26H2,1H3,(H,27,28,29)/t18-/m1/s1. The highest BCUT2D eigenvalue weighted by atomic mass is 35.5. The van der Waals surface area contributed by atoms with Crippen LogP contribution in [-0.4, -0.2) is 27.7 Å². The fraction of sp³-hybridized carbons (Fsp3) is 0.167. The number of nitrogens with two attached hydrogens (primary N) is 1. The number of hydrogen-bond acceptors (Lipinski definition) is 5. The Bertz CT molecular complexity index is 1180. The largest absolute Gasteiger partial charge is 0.507 e. The van der Waals surface area contributed by atoms with E-state index in [0.29, 0.717) is 28.8 Å². The summed E-state index contributed by atoms with van der Waals surface area (Å²) in [7, 11) is 0. The third-order valence-electron chi connectivity index (χ3n) is 5.07. The van der Waals surface area contributed by atoms with E-state index < -0.39 is 0 Å². The molecule has 5 nitrogen and oxygen atoms in total. The lowest BCUT2D eigenvalue weighted by Gasteiger charge is -2.14. The van der Waals surface area contributed by atoms with E-state index in [0.717, 1.165) is 28.5 Å². The maximum Gasteiger partial charge on any atom is 0.165 e. The average molecular weight is 419 g/mol. The van der Waals surface area contributed by atoms with E-state index in [1.54, 1.807) is 6.07 Å². The number of anilines is 1. The lowest BCUT2D eigenvalue weighted by molar-refractivity contribution is 0.477. The van der Waals surface area contributed by atoms with Gasteiger partial charge in [-0.2, -0.15) is 0 Å². The monoisotopic (exact) mass is 418 g/mol. The van der Waals surface area contributed by atoms with Crippen molar-refractivity contribution in [3.05, 3.63) is 71.8 Å². The molecular formula is C24H23ClN4O. The molecule has 1 heterocycles. The predicted molar refractivity (Wildman–Crippen MR) is 124 cm³/mol. The summed E-state index contributed by atoms with van der Waals surface area (Å²) in [5, 5.41) is 15.5. The SMILES string of the molecule is CC[C@@H](N)CNc1nc(-c2cc(-c3ccc(Cl)cc3)ccc2O)nc2ccccc12. The lowest BCUT2D eigenvalue weighted by atomic mass is 10.0. The summed E-state index contributed by atoms with van der Waals surface area (Å²) in [5.41, 5.74) is 9.38. The summed E-state index contributed by atoms with van der Waals surface area (Å²) in [6.45, 7) is 2.66. The average Bonchev–Trinajstić information content (AvgIpc) is 2.78. The van der Waals surface area contributed by atoms with Crippen LogP contribution in [0.15, 0.2) is 66.7 Å². The molecule has 0 aliphatic carbocycles. The zero-order valence-electron chi connectivity index (χ0n) is 16.6. The number of halogens is 1. The smallest absolute Gasteiger partial charge is 0.165 e. The summed E-state index contributed by atoms with van der Waals surface area (Å²) < 4.78 is 0. The van der Waals surface area contributed by atoms with Gasteiger partial charge in [-0.3, -0.25) is 0 Å². The molecule has 1 atom stereocenters. The molecule has 0 saturated carbocycles. The van der Waals surface area contributed by atoms with Crippen molar-refractivity contribution in [2.45, 2.75) is 19.4 Å². The third kappa shape index (κ3) is 4.22. The topological polar surface area (TPSA) is 84.1 Å². The van der Waals surface area contributed by atoms with E-state index in [1.165, 1.54) is 0 Å². The van der Waals surface area contributed by atoms with Crippen molar-refractivity contribution in [1.29, 1.82) is 0 Å². The number of nitrogens with zero attached hydrogens (tertiary/aromatic N) is 2. The molecule has 1 aromatic heterocycles. The van der Waals surface area contributed by atoms with Gasteiger partial charge in [0.1, 0.15) is 11.6 Å². The molecule has 4 rings (SSSR count). The zero-order chi connectivity index (χ0) is 21.1. The molecule has 4 N–H and O–H groups in total. The van der Waals surface area contributed by atoms with Crippen molar-refractivity contribution >= 4 is 28.3 Å². The molecule has 0 spiro atoms. The second-order valence-corrected chi connectivity index (χ2v) is 7.64. The number of aromatic nitrogens is 2. The molecule has 30 heavy (non-hydrogen) atoms. The van der Waals surface area contributed by atoms with Gasteiger partial charge in [0.25, 0.3) is 0 Å². The molecule has 0 amide bonds. The van der Waals surface area contributed by atoms with Crippen LogP contribution in [0.3, 0.4) is 0 Å². The highest BCUT2D eigenvalue weighted by Crippen LogP contribution is 2.34. The first kappa shape index (κ1) is 20.1. The number of nitrogens with one attached hydrogen (secondary N) is 1. The van der Waals surface area contributed by atoms with Gasteiger partial charge in [0, 0.05) is 23.0 Å². The van der Waals surface area contributed by atoms with E-state index in [2.05, 4.69) is 12.2 Å². The number of aromatic hydroxyl groups is 1. The summed E-state index contributed by atoms with van der Waals surface area (Å²) in [5.74, 6) is 1.28. The summed E-state index contributed by atoms with van der Waals surface area (Å²) >= 11 is 6.01. The van der Waals surface area contributed by atoms with E-state index >= 15 is 0 Å². The molecule has 0 aliphatic rings. The van der Waals surface area contributed by atoms with Crippen LogP contribution in [0.2, 0.25) is 5.02 Å². The molecule has 3 aromatic carbocycles. The number of benzene rings is 3. The number of fused-ring (bicyclic) bond motifs is 1. The Balaban J connectivity index is 1.80. The Morgan fingerprint density at radius 1 is 1.00 bits per heavy atom. The van der Waals surface area contributed by atoms with Gasteiger partial charge >= 0.3 is 0 Å². The summed E-state index contributed by atoms with van der Waals surface area (Å²) in [6, 6.07) is 20.8. The minimum Gasteiger partial charge on any atom is -0.507 e. The quantitative estimate of drug-likeness (QED) is 0.386. The zero-order valence-corrected chi connectivity index (χ0v) is 17.4. The van der Waals surface area contributed by atoms with Crippen molar-refractivity contribution in [2.24, 2.45) is 5.73 Å². The van der Waals surface area contributed by atoms with E-state index in [1.807, 2.05) is 60.7 Å². The molecule has 6 heteroatoms. The van der Waals surface area contributed by atoms with Gasteiger partial charge in [-0.1, -0.05) is 48.9 Å². The number of phenols is 1. The van der Waals surface area contributed by atoms with Crippen LogP contribution in [0.25, 0.3) is 33.4 Å². The van der Waals surface area contributed by atoms with Crippen LogP contribution >= 0.6 is 11.6 Å². The minimum atomic E-state index is 0.0313. The van der Waals surface area contributed by atoms with Crippen LogP contribution in [0.1, 0.15) is 13.3 Å². The summed E-state index contributed by atoms with van der Waals surface area (Å²) in [6.07, 6.45) is 0.868. The Labute approximate surface area is 180 Å². The second-order valence-electron chi connectivity index (χ2n) is 7.20. The number of phenolic OH excluding ortho intramolecular Hbond substituents is 1. The first-order chi connectivity index (χ1) is 14.5. The van der Waals surface area contributed by atoms with Crippen LogP contribution in [0.4, 0.5) is 5.82 Å². The van der Waals surface area contributed by atoms with Gasteiger partial charge in [-0.05, 0) is 53.9 Å². The predicted octanol–water partition coefficient (Wildman–Crippen LogP) is 5.47. The van der Waals surface area contributed by atoms with Gasteiger partial charge in [0.05, 0.1) is 11.1 Å². The van der Waals surface area contributed by atoms with Crippen LogP contribution in [0, 0.1) is 0 Å². The molecule has 0 saturated heterocycles. The minimum absolute atomic E-state index is 0.0313. The molecule has 4 aromatic rings. The molecule has 0 radical (unpaired) electrons. The van der Waals surface area contributed by atoms with E-state index in [-0.39, 0.29) is 11.8 Å². The molecule has 152 valence electrons. The highest BCUT2D eigenvalue weighted by Gasteiger charge is 2.14. The van der Waals surface area contributed by atoms with E-state index in [9.17, 15) is 5.11 Å². The molecule has 0 fully saturated rings. The van der Waals surface area contributed by atoms with E-state index in [4.69, 9.17) is 27.3 Å². The lowest BCUT2D eigenvalue weighted by Crippen LogP contribution is -2.28. The van der Waals surface area contributed by atoms with Crippen molar-refractivity contribution < 1.29 is 5.11 Å². The van der Waals surface area contributed by atoms with Gasteiger partial charge < -0.3 is 16.2 Å². The Kier molecular flexibility index (Phi) is 5.84. The maximum absolute atomic E-state index is 10.6. The van der Waals surface area contributed by atoms with Crippen LogP contribution in [-0.2, 0) is 0 Å². The number of rotatable bonds is 6. The van der Waals surface area contributed by atoms with Gasteiger partial charge in [0.2, 0.25) is 0 Å². The normalized spacial score (nSPS) is 12.1. The number of para-hydroxylation sites is 1. The fourth-order valence-corrected chi connectivity index (χ4v) is 3.37. The van der Waals surface area contributed by atoms with Gasteiger partial charge in [-0.15, -0.1) is 0 Å². The van der Waals surface area contributed by atoms with Gasteiger partial charge in [-0.25, -0.2) is 9.97 Å². The molecule has 0 bridgehead atoms. The first-order valence-electron chi connectivity index (χ1n) is 9.90. The second kappa shape index (κ2) is 8.69.